The first-order valence-electron chi connectivity index (χ1n) is 5.19. The quantitative estimate of drug-likeness (QED) is 0.772. The maximum Gasteiger partial charge on any atom is 0.119 e. The van der Waals surface area contributed by atoms with Crippen molar-refractivity contribution in [3.63, 3.8) is 0 Å². The number of methoxy groups -OCH3 is 1. The molecule has 15 heavy (non-hydrogen) atoms. The highest BCUT2D eigenvalue weighted by Crippen LogP contribution is 2.23. The fourth-order valence-electron chi connectivity index (χ4n) is 1.68. The van der Waals surface area contributed by atoms with E-state index in [1.165, 1.54) is 0 Å². The highest BCUT2D eigenvalue weighted by atomic mass is 16.5. The lowest BCUT2D eigenvalue weighted by Gasteiger charge is -2.17. The molecule has 0 aliphatic rings. The molecule has 0 heterocycles. The van der Waals surface area contributed by atoms with Crippen LogP contribution in [-0.4, -0.2) is 24.9 Å². The van der Waals surface area contributed by atoms with Crippen molar-refractivity contribution in [2.24, 2.45) is 5.73 Å². The molecular formula is C12H19NO2. The summed E-state index contributed by atoms with van der Waals surface area (Å²) in [4.78, 5) is 0. The third-order valence-corrected chi connectivity index (χ3v) is 2.48. The van der Waals surface area contributed by atoms with Crippen LogP contribution in [0.2, 0.25) is 0 Å². The Labute approximate surface area is 90.9 Å². The first-order valence-corrected chi connectivity index (χ1v) is 5.19. The number of ether oxygens (including phenoxy) is 1. The molecule has 2 unspecified atom stereocenters. The molecular weight excluding hydrogens is 190 g/mol. The largest absolute Gasteiger partial charge is 0.497 e. The minimum atomic E-state index is -0.329. The van der Waals surface area contributed by atoms with Crippen LogP contribution in [0.15, 0.2) is 24.3 Å². The number of nitrogens with two attached hydrogens (primary N) is 1. The van der Waals surface area contributed by atoms with Crippen molar-refractivity contribution in [2.75, 3.05) is 13.7 Å². The van der Waals surface area contributed by atoms with Crippen LogP contribution in [-0.2, 0) is 0 Å². The van der Waals surface area contributed by atoms with Gasteiger partial charge in [-0.05, 0) is 43.5 Å². The third-order valence-electron chi connectivity index (χ3n) is 2.48. The van der Waals surface area contributed by atoms with Crippen molar-refractivity contribution in [2.45, 2.75) is 25.4 Å². The number of benzene rings is 1. The molecule has 0 aliphatic carbocycles. The topological polar surface area (TPSA) is 55.5 Å². The van der Waals surface area contributed by atoms with Crippen molar-refractivity contribution in [1.82, 2.24) is 0 Å². The van der Waals surface area contributed by atoms with Gasteiger partial charge in [0.1, 0.15) is 5.75 Å². The molecule has 3 N–H and O–H groups in total. The van der Waals surface area contributed by atoms with Gasteiger partial charge in [0.2, 0.25) is 0 Å². The van der Waals surface area contributed by atoms with Gasteiger partial charge < -0.3 is 15.6 Å². The van der Waals surface area contributed by atoms with Gasteiger partial charge in [-0.25, -0.2) is 0 Å². The van der Waals surface area contributed by atoms with E-state index in [1.807, 2.05) is 24.3 Å². The molecule has 3 nitrogen and oxygen atoms in total. The van der Waals surface area contributed by atoms with Crippen molar-refractivity contribution >= 4 is 0 Å². The predicted molar refractivity (Wildman–Crippen MR) is 61.1 cm³/mol. The van der Waals surface area contributed by atoms with E-state index in [9.17, 15) is 5.11 Å². The van der Waals surface area contributed by atoms with Crippen LogP contribution in [0.3, 0.4) is 0 Å². The molecule has 0 saturated carbocycles. The SMILES string of the molecule is COc1cccc(C(CN)CC(C)O)c1. The standard InChI is InChI=1S/C12H19NO2/c1-9(14)6-11(8-13)10-4-3-5-12(7-10)15-2/h3-5,7,9,11,14H,6,8,13H2,1-2H3. The lowest BCUT2D eigenvalue weighted by molar-refractivity contribution is 0.175. The van der Waals surface area contributed by atoms with Crippen LogP contribution >= 0.6 is 0 Å². The first kappa shape index (κ1) is 12.0. The monoisotopic (exact) mass is 209 g/mol. The van der Waals surface area contributed by atoms with Crippen LogP contribution in [0.1, 0.15) is 24.8 Å². The molecule has 0 radical (unpaired) electrons. The van der Waals surface area contributed by atoms with Crippen LogP contribution < -0.4 is 10.5 Å². The second-order valence-corrected chi connectivity index (χ2v) is 3.79. The number of hydrogen-bond donors (Lipinski definition) is 2. The van der Waals surface area contributed by atoms with Gasteiger partial charge in [-0.15, -0.1) is 0 Å². The van der Waals surface area contributed by atoms with Gasteiger partial charge in [0.25, 0.3) is 0 Å². The zero-order chi connectivity index (χ0) is 11.3. The highest BCUT2D eigenvalue weighted by molar-refractivity contribution is 5.31. The summed E-state index contributed by atoms with van der Waals surface area (Å²) >= 11 is 0. The van der Waals surface area contributed by atoms with E-state index in [0.717, 1.165) is 11.3 Å². The summed E-state index contributed by atoms with van der Waals surface area (Å²) in [5.41, 5.74) is 6.82. The molecule has 1 aromatic carbocycles. The van der Waals surface area contributed by atoms with E-state index >= 15 is 0 Å². The van der Waals surface area contributed by atoms with Crippen LogP contribution in [0.5, 0.6) is 5.75 Å². The average Bonchev–Trinajstić information content (AvgIpc) is 2.25. The van der Waals surface area contributed by atoms with E-state index in [4.69, 9.17) is 10.5 Å². The van der Waals surface area contributed by atoms with Crippen molar-refractivity contribution in [3.8, 4) is 5.75 Å². The fraction of sp³-hybridized carbons (Fsp3) is 0.500. The molecule has 0 amide bonds. The van der Waals surface area contributed by atoms with Gasteiger partial charge in [-0.2, -0.15) is 0 Å². The molecule has 0 spiro atoms. The molecule has 0 bridgehead atoms. The van der Waals surface area contributed by atoms with Crippen molar-refractivity contribution in [3.05, 3.63) is 29.8 Å². The Morgan fingerprint density at radius 3 is 2.73 bits per heavy atom. The molecule has 0 saturated heterocycles. The zero-order valence-corrected chi connectivity index (χ0v) is 9.31. The predicted octanol–water partition coefficient (Wildman–Crippen LogP) is 1.51. The normalized spacial score (nSPS) is 14.7. The number of aliphatic hydroxyl groups excluding tert-OH is 1. The number of hydrogen-bond acceptors (Lipinski definition) is 3. The van der Waals surface area contributed by atoms with Crippen molar-refractivity contribution in [1.29, 1.82) is 0 Å². The summed E-state index contributed by atoms with van der Waals surface area (Å²) < 4.78 is 5.15. The summed E-state index contributed by atoms with van der Waals surface area (Å²) in [7, 11) is 1.64. The Morgan fingerprint density at radius 2 is 2.20 bits per heavy atom. The molecule has 0 aromatic heterocycles. The molecule has 3 heteroatoms. The summed E-state index contributed by atoms with van der Waals surface area (Å²) in [6, 6.07) is 7.83. The Bertz CT molecular complexity index is 299. The third kappa shape index (κ3) is 3.53. The molecule has 1 rings (SSSR count). The van der Waals surface area contributed by atoms with E-state index < -0.39 is 0 Å². The summed E-state index contributed by atoms with van der Waals surface area (Å²) in [6.45, 7) is 2.32. The van der Waals surface area contributed by atoms with Crippen LogP contribution in [0.25, 0.3) is 0 Å². The van der Waals surface area contributed by atoms with Gasteiger partial charge in [0.05, 0.1) is 13.2 Å². The fourth-order valence-corrected chi connectivity index (χ4v) is 1.68. The lowest BCUT2D eigenvalue weighted by Crippen LogP contribution is -2.17. The van der Waals surface area contributed by atoms with Gasteiger partial charge in [0, 0.05) is 0 Å². The molecule has 2 atom stereocenters. The summed E-state index contributed by atoms with van der Waals surface area (Å²) in [5.74, 6) is 1.02. The Kier molecular flexibility index (Phi) is 4.59. The minimum absolute atomic E-state index is 0.195. The lowest BCUT2D eigenvalue weighted by atomic mass is 9.93. The first-order chi connectivity index (χ1) is 7.17. The molecule has 1 aromatic rings. The second-order valence-electron chi connectivity index (χ2n) is 3.79. The highest BCUT2D eigenvalue weighted by Gasteiger charge is 2.12. The van der Waals surface area contributed by atoms with Crippen molar-refractivity contribution < 1.29 is 9.84 Å². The Balaban J connectivity index is 2.81. The number of aliphatic hydroxyl groups is 1. The van der Waals surface area contributed by atoms with Gasteiger partial charge in [-0.3, -0.25) is 0 Å². The summed E-state index contributed by atoms with van der Waals surface area (Å²) in [5, 5.41) is 9.35. The molecule has 0 aliphatic heterocycles. The second kappa shape index (κ2) is 5.73. The maximum atomic E-state index is 9.35. The zero-order valence-electron chi connectivity index (χ0n) is 9.31. The maximum absolute atomic E-state index is 9.35. The van der Waals surface area contributed by atoms with Crippen LogP contribution in [0.4, 0.5) is 0 Å². The van der Waals surface area contributed by atoms with E-state index in [0.29, 0.717) is 13.0 Å². The van der Waals surface area contributed by atoms with Crippen LogP contribution in [0, 0.1) is 0 Å². The summed E-state index contributed by atoms with van der Waals surface area (Å²) in [6.07, 6.45) is 0.355. The van der Waals surface area contributed by atoms with Gasteiger partial charge in [-0.1, -0.05) is 12.1 Å². The Hall–Kier alpha value is -1.06. The van der Waals surface area contributed by atoms with E-state index in [2.05, 4.69) is 0 Å². The number of rotatable bonds is 5. The van der Waals surface area contributed by atoms with Gasteiger partial charge >= 0.3 is 0 Å². The minimum Gasteiger partial charge on any atom is -0.497 e. The smallest absolute Gasteiger partial charge is 0.119 e. The molecule has 84 valence electrons. The van der Waals surface area contributed by atoms with E-state index in [1.54, 1.807) is 14.0 Å². The molecule has 0 fully saturated rings. The average molecular weight is 209 g/mol. The Morgan fingerprint density at radius 1 is 1.47 bits per heavy atom. The van der Waals surface area contributed by atoms with Gasteiger partial charge in [0.15, 0.2) is 0 Å². The van der Waals surface area contributed by atoms with E-state index in [-0.39, 0.29) is 12.0 Å².